The molecule has 0 aliphatic carbocycles. The summed E-state index contributed by atoms with van der Waals surface area (Å²) < 4.78 is 0. The van der Waals surface area contributed by atoms with Crippen LogP contribution < -0.4 is 4.90 Å². The van der Waals surface area contributed by atoms with Crippen LogP contribution in [0.25, 0.3) is 0 Å². The molecular weight excluding hydrogens is 228 g/mol. The monoisotopic (exact) mass is 242 g/mol. The lowest BCUT2D eigenvalue weighted by molar-refractivity contribution is 0.0697. The maximum absolute atomic E-state index is 10.8. The highest BCUT2D eigenvalue weighted by Crippen LogP contribution is 2.21. The molecule has 0 spiro atoms. The van der Waals surface area contributed by atoms with Gasteiger partial charge in [-0.1, -0.05) is 6.92 Å². The molecule has 0 saturated carbocycles. The van der Waals surface area contributed by atoms with E-state index in [0.717, 1.165) is 25.3 Å². The number of hydrogen-bond donors (Lipinski definition) is 1. The van der Waals surface area contributed by atoms with Gasteiger partial charge < -0.3 is 10.0 Å². The lowest BCUT2D eigenvalue weighted by atomic mass is 10.2. The van der Waals surface area contributed by atoms with E-state index in [9.17, 15) is 4.79 Å². The van der Waals surface area contributed by atoms with Gasteiger partial charge in [0, 0.05) is 19.3 Å². The first-order valence-corrected chi connectivity index (χ1v) is 5.11. The highest BCUT2D eigenvalue weighted by Gasteiger charge is 2.20. The summed E-state index contributed by atoms with van der Waals surface area (Å²) in [6.07, 6.45) is 2.71. The van der Waals surface area contributed by atoms with Crippen molar-refractivity contribution in [2.24, 2.45) is 5.92 Å². The molecular formula is C11H15ClN2O2. The van der Waals surface area contributed by atoms with Crippen LogP contribution >= 0.6 is 12.4 Å². The highest BCUT2D eigenvalue weighted by atomic mass is 35.5. The van der Waals surface area contributed by atoms with E-state index < -0.39 is 5.97 Å². The number of nitrogens with zero attached hydrogens (tertiary/aromatic N) is 2. The van der Waals surface area contributed by atoms with Crippen molar-refractivity contribution in [1.82, 2.24) is 4.98 Å². The number of hydrogen-bond acceptors (Lipinski definition) is 3. The van der Waals surface area contributed by atoms with Gasteiger partial charge in [-0.2, -0.15) is 0 Å². The van der Waals surface area contributed by atoms with E-state index in [1.807, 2.05) is 0 Å². The number of rotatable bonds is 2. The predicted octanol–water partition coefficient (Wildman–Crippen LogP) is 2.05. The van der Waals surface area contributed by atoms with Gasteiger partial charge in [-0.05, 0) is 24.5 Å². The second-order valence-electron chi connectivity index (χ2n) is 4.05. The molecule has 0 bridgehead atoms. The molecule has 1 atom stereocenters. The third-order valence-electron chi connectivity index (χ3n) is 2.74. The van der Waals surface area contributed by atoms with Crippen LogP contribution in [0, 0.1) is 5.92 Å². The zero-order valence-corrected chi connectivity index (χ0v) is 9.91. The molecule has 1 fully saturated rings. The van der Waals surface area contributed by atoms with Crippen LogP contribution in [0.2, 0.25) is 0 Å². The number of anilines is 1. The third-order valence-corrected chi connectivity index (χ3v) is 2.74. The molecule has 1 saturated heterocycles. The Bertz CT molecular complexity index is 384. The Morgan fingerprint density at radius 3 is 2.94 bits per heavy atom. The van der Waals surface area contributed by atoms with E-state index in [-0.39, 0.29) is 12.4 Å². The molecule has 2 rings (SSSR count). The largest absolute Gasteiger partial charge is 0.478 e. The Kier molecular flexibility index (Phi) is 4.12. The topological polar surface area (TPSA) is 53.4 Å². The Balaban J connectivity index is 0.00000128. The number of pyridine rings is 1. The molecule has 1 aliphatic heterocycles. The number of aromatic nitrogens is 1. The quantitative estimate of drug-likeness (QED) is 0.863. The third kappa shape index (κ3) is 2.64. The lowest BCUT2D eigenvalue weighted by Crippen LogP contribution is -2.20. The van der Waals surface area contributed by atoms with Crippen molar-refractivity contribution in [3.05, 3.63) is 23.9 Å². The van der Waals surface area contributed by atoms with Gasteiger partial charge in [0.05, 0.1) is 5.56 Å². The van der Waals surface area contributed by atoms with E-state index in [1.165, 1.54) is 6.07 Å². The fraction of sp³-hybridized carbons (Fsp3) is 0.455. The lowest BCUT2D eigenvalue weighted by Gasteiger charge is -2.16. The Morgan fingerprint density at radius 1 is 1.62 bits per heavy atom. The van der Waals surface area contributed by atoms with Crippen LogP contribution in [-0.2, 0) is 0 Å². The molecule has 1 N–H and O–H groups in total. The summed E-state index contributed by atoms with van der Waals surface area (Å²) in [5.74, 6) is 0.547. The average Bonchev–Trinajstić information content (AvgIpc) is 2.65. The van der Waals surface area contributed by atoms with E-state index in [1.54, 1.807) is 12.3 Å². The van der Waals surface area contributed by atoms with Gasteiger partial charge in [-0.3, -0.25) is 0 Å². The van der Waals surface area contributed by atoms with E-state index >= 15 is 0 Å². The minimum Gasteiger partial charge on any atom is -0.478 e. The molecule has 4 nitrogen and oxygen atoms in total. The Morgan fingerprint density at radius 2 is 2.38 bits per heavy atom. The standard InChI is InChI=1S/C11H14N2O2.ClH/c1-8-3-5-13(7-8)10-6-9(11(14)15)2-4-12-10;/h2,4,6,8H,3,5,7H2,1H3,(H,14,15);1H. The van der Waals surface area contributed by atoms with Gasteiger partial charge in [-0.15, -0.1) is 12.4 Å². The number of carbonyl (C=O) groups is 1. The molecule has 0 aromatic carbocycles. The normalized spacial score (nSPS) is 19.3. The summed E-state index contributed by atoms with van der Waals surface area (Å²) in [4.78, 5) is 17.1. The molecule has 1 aromatic rings. The van der Waals surface area contributed by atoms with Crippen molar-refractivity contribution in [1.29, 1.82) is 0 Å². The smallest absolute Gasteiger partial charge is 0.335 e. The van der Waals surface area contributed by atoms with Crippen molar-refractivity contribution < 1.29 is 9.90 Å². The zero-order chi connectivity index (χ0) is 10.8. The van der Waals surface area contributed by atoms with Crippen molar-refractivity contribution in [2.75, 3.05) is 18.0 Å². The summed E-state index contributed by atoms with van der Waals surface area (Å²) in [5, 5.41) is 8.86. The van der Waals surface area contributed by atoms with Crippen LogP contribution in [0.3, 0.4) is 0 Å². The van der Waals surface area contributed by atoms with Crippen LogP contribution in [-0.4, -0.2) is 29.1 Å². The molecule has 5 heteroatoms. The molecule has 0 radical (unpaired) electrons. The van der Waals surface area contributed by atoms with Crippen molar-refractivity contribution >= 4 is 24.2 Å². The Hall–Kier alpha value is -1.29. The number of carboxylic acid groups (broad SMARTS) is 1. The minimum atomic E-state index is -0.897. The van der Waals surface area contributed by atoms with Crippen LogP contribution in [0.5, 0.6) is 0 Å². The Labute approximate surface area is 101 Å². The fourth-order valence-corrected chi connectivity index (χ4v) is 1.87. The maximum atomic E-state index is 10.8. The van der Waals surface area contributed by atoms with Gasteiger partial charge in [0.15, 0.2) is 0 Å². The first kappa shape index (κ1) is 12.8. The summed E-state index contributed by atoms with van der Waals surface area (Å²) in [7, 11) is 0. The average molecular weight is 243 g/mol. The summed E-state index contributed by atoms with van der Waals surface area (Å²) in [5.41, 5.74) is 0.305. The van der Waals surface area contributed by atoms with Crippen molar-refractivity contribution in [2.45, 2.75) is 13.3 Å². The number of carboxylic acids is 1. The van der Waals surface area contributed by atoms with Gasteiger partial charge >= 0.3 is 5.97 Å². The van der Waals surface area contributed by atoms with Crippen LogP contribution in [0.15, 0.2) is 18.3 Å². The number of halogens is 1. The molecule has 0 amide bonds. The van der Waals surface area contributed by atoms with Crippen molar-refractivity contribution in [3.63, 3.8) is 0 Å². The van der Waals surface area contributed by atoms with Gasteiger partial charge in [0.1, 0.15) is 5.82 Å². The zero-order valence-electron chi connectivity index (χ0n) is 9.09. The van der Waals surface area contributed by atoms with Gasteiger partial charge in [0.2, 0.25) is 0 Å². The minimum absolute atomic E-state index is 0. The SMILES string of the molecule is CC1CCN(c2cc(C(=O)O)ccn2)C1.Cl. The summed E-state index contributed by atoms with van der Waals surface area (Å²) in [6.45, 7) is 4.13. The molecule has 1 unspecified atom stereocenters. The van der Waals surface area contributed by atoms with Gasteiger partial charge in [0.25, 0.3) is 0 Å². The molecule has 2 heterocycles. The first-order valence-electron chi connectivity index (χ1n) is 5.11. The first-order chi connectivity index (χ1) is 7.16. The van der Waals surface area contributed by atoms with E-state index in [0.29, 0.717) is 11.5 Å². The van der Waals surface area contributed by atoms with Crippen LogP contribution in [0.4, 0.5) is 5.82 Å². The van der Waals surface area contributed by atoms with Crippen LogP contribution in [0.1, 0.15) is 23.7 Å². The summed E-state index contributed by atoms with van der Waals surface area (Å²) >= 11 is 0. The van der Waals surface area contributed by atoms with Gasteiger partial charge in [-0.25, -0.2) is 9.78 Å². The second kappa shape index (κ2) is 5.16. The van der Waals surface area contributed by atoms with Crippen molar-refractivity contribution in [3.8, 4) is 0 Å². The second-order valence-corrected chi connectivity index (χ2v) is 4.05. The van der Waals surface area contributed by atoms with E-state index in [4.69, 9.17) is 5.11 Å². The summed E-state index contributed by atoms with van der Waals surface area (Å²) in [6, 6.07) is 3.16. The maximum Gasteiger partial charge on any atom is 0.335 e. The molecule has 1 aromatic heterocycles. The fourth-order valence-electron chi connectivity index (χ4n) is 1.87. The molecule has 1 aliphatic rings. The molecule has 16 heavy (non-hydrogen) atoms. The predicted molar refractivity (Wildman–Crippen MR) is 64.4 cm³/mol. The molecule has 88 valence electrons. The number of aromatic carboxylic acids is 1. The highest BCUT2D eigenvalue weighted by molar-refractivity contribution is 5.88. The van der Waals surface area contributed by atoms with E-state index in [2.05, 4.69) is 16.8 Å².